The Labute approximate surface area is 186 Å². The van der Waals surface area contributed by atoms with Crippen molar-refractivity contribution >= 4 is 53.7 Å². The number of aromatic amines is 2. The predicted molar refractivity (Wildman–Crippen MR) is 120 cm³/mol. The fourth-order valence-electron chi connectivity index (χ4n) is 3.83. The summed E-state index contributed by atoms with van der Waals surface area (Å²) in [5, 5.41) is 32.1. The lowest BCUT2D eigenvalue weighted by Gasteiger charge is -2.18. The van der Waals surface area contributed by atoms with Crippen LogP contribution in [-0.2, 0) is 0 Å². The van der Waals surface area contributed by atoms with Crippen LogP contribution in [0.3, 0.4) is 0 Å². The maximum absolute atomic E-state index is 10.2. The Morgan fingerprint density at radius 2 is 1.20 bits per heavy atom. The van der Waals surface area contributed by atoms with Crippen molar-refractivity contribution < 1.29 is 15.3 Å². The quantitative estimate of drug-likeness (QED) is 0.161. The fraction of sp³-hybridized carbons (Fsp3) is 0.0476. The molecule has 4 heterocycles. The molecule has 7 nitrogen and oxygen atoms in total. The molecule has 0 amide bonds. The SMILES string of the molecule is Oc1cc(C(c2c[nH]c3cnc(Br)cc23)c2c[nH]c3cnc(Br)cc23)cc(O)c1O. The molecule has 150 valence electrons. The lowest BCUT2D eigenvalue weighted by atomic mass is 9.84. The van der Waals surface area contributed by atoms with Gasteiger partial charge in [0.1, 0.15) is 9.21 Å². The average Bonchev–Trinajstić information content (AvgIpc) is 3.31. The molecular formula is C21H14Br2N4O3. The molecule has 30 heavy (non-hydrogen) atoms. The third-order valence-corrected chi connectivity index (χ3v) is 6.04. The normalized spacial score (nSPS) is 11.7. The second kappa shape index (κ2) is 7.03. The summed E-state index contributed by atoms with van der Waals surface area (Å²) in [4.78, 5) is 15.0. The molecule has 0 aliphatic carbocycles. The molecule has 9 heteroatoms. The molecule has 0 aliphatic rings. The van der Waals surface area contributed by atoms with E-state index in [1.807, 2.05) is 24.5 Å². The number of hydrogen-bond donors (Lipinski definition) is 5. The molecule has 0 aliphatic heterocycles. The molecule has 0 saturated carbocycles. The van der Waals surface area contributed by atoms with E-state index in [9.17, 15) is 15.3 Å². The summed E-state index contributed by atoms with van der Waals surface area (Å²) < 4.78 is 1.38. The average molecular weight is 530 g/mol. The van der Waals surface area contributed by atoms with Crippen LogP contribution < -0.4 is 0 Å². The second-order valence-electron chi connectivity index (χ2n) is 6.93. The Balaban J connectivity index is 1.84. The molecular weight excluding hydrogens is 516 g/mol. The first-order chi connectivity index (χ1) is 14.4. The van der Waals surface area contributed by atoms with E-state index < -0.39 is 5.75 Å². The van der Waals surface area contributed by atoms with Crippen molar-refractivity contribution in [1.82, 2.24) is 19.9 Å². The van der Waals surface area contributed by atoms with Crippen molar-refractivity contribution in [3.05, 3.63) is 74.9 Å². The highest BCUT2D eigenvalue weighted by Crippen LogP contribution is 2.44. The maximum atomic E-state index is 10.2. The molecule has 5 aromatic rings. The van der Waals surface area contributed by atoms with E-state index in [2.05, 4.69) is 51.8 Å². The summed E-state index contributed by atoms with van der Waals surface area (Å²) in [6.07, 6.45) is 7.25. The third kappa shape index (κ3) is 3.01. The van der Waals surface area contributed by atoms with Gasteiger partial charge < -0.3 is 25.3 Å². The Bertz CT molecular complexity index is 1320. The number of phenols is 3. The Morgan fingerprint density at radius 3 is 1.67 bits per heavy atom. The summed E-state index contributed by atoms with van der Waals surface area (Å²) >= 11 is 6.86. The number of halogens is 2. The number of nitrogens with zero attached hydrogens (tertiary/aromatic N) is 2. The zero-order chi connectivity index (χ0) is 21.0. The number of phenolic OH excluding ortho intramolecular Hbond substituents is 3. The molecule has 0 saturated heterocycles. The van der Waals surface area contributed by atoms with Crippen molar-refractivity contribution in [2.75, 3.05) is 0 Å². The monoisotopic (exact) mass is 528 g/mol. The summed E-state index contributed by atoms with van der Waals surface area (Å²) in [7, 11) is 0. The Hall–Kier alpha value is -3.04. The molecule has 0 unspecified atom stereocenters. The van der Waals surface area contributed by atoms with E-state index in [0.717, 1.165) is 32.9 Å². The number of rotatable bonds is 3. The van der Waals surface area contributed by atoms with Crippen LogP contribution in [0.5, 0.6) is 17.2 Å². The van der Waals surface area contributed by atoms with Crippen molar-refractivity contribution in [3.8, 4) is 17.2 Å². The van der Waals surface area contributed by atoms with E-state index in [-0.39, 0.29) is 17.4 Å². The van der Waals surface area contributed by atoms with Crippen LogP contribution in [-0.4, -0.2) is 35.3 Å². The number of aromatic hydroxyl groups is 3. The van der Waals surface area contributed by atoms with Gasteiger partial charge in [0.15, 0.2) is 17.2 Å². The van der Waals surface area contributed by atoms with Crippen LogP contribution in [0.2, 0.25) is 0 Å². The number of nitrogens with one attached hydrogen (secondary N) is 2. The lowest BCUT2D eigenvalue weighted by molar-refractivity contribution is 0.367. The van der Waals surface area contributed by atoms with Gasteiger partial charge >= 0.3 is 0 Å². The highest BCUT2D eigenvalue weighted by atomic mass is 79.9. The van der Waals surface area contributed by atoms with Crippen molar-refractivity contribution in [1.29, 1.82) is 0 Å². The Morgan fingerprint density at radius 1 is 0.733 bits per heavy atom. The number of hydrogen-bond acceptors (Lipinski definition) is 5. The number of benzene rings is 1. The largest absolute Gasteiger partial charge is 0.504 e. The van der Waals surface area contributed by atoms with Crippen LogP contribution in [0.25, 0.3) is 21.8 Å². The number of aromatic nitrogens is 4. The Kier molecular flexibility index (Phi) is 4.44. The number of pyridine rings is 2. The molecule has 5 rings (SSSR count). The molecule has 0 bridgehead atoms. The minimum Gasteiger partial charge on any atom is -0.504 e. The minimum absolute atomic E-state index is 0.367. The van der Waals surface area contributed by atoms with Crippen LogP contribution in [0, 0.1) is 0 Å². The lowest BCUT2D eigenvalue weighted by Crippen LogP contribution is -2.03. The number of H-pyrrole nitrogens is 2. The molecule has 0 atom stereocenters. The zero-order valence-corrected chi connectivity index (χ0v) is 18.4. The standard InChI is InChI=1S/C21H14Br2N4O3/c22-18-3-10-12(5-24-14(10)7-26-18)20(9-1-16(28)21(30)17(29)2-9)13-6-25-15-8-27-19(23)4-11(13)15/h1-8,20,24-25,28-30H. The minimum atomic E-state index is -0.547. The van der Waals surface area contributed by atoms with E-state index in [1.54, 1.807) is 12.4 Å². The van der Waals surface area contributed by atoms with Gasteiger partial charge in [0.2, 0.25) is 0 Å². The summed E-state index contributed by atoms with van der Waals surface area (Å²) in [5.74, 6) is -1.69. The van der Waals surface area contributed by atoms with E-state index in [4.69, 9.17) is 0 Å². The van der Waals surface area contributed by atoms with Gasteiger partial charge in [0, 0.05) is 29.1 Å². The van der Waals surface area contributed by atoms with Gasteiger partial charge in [-0.25, -0.2) is 9.97 Å². The molecule has 5 N–H and O–H groups in total. The topological polar surface area (TPSA) is 118 Å². The highest BCUT2D eigenvalue weighted by molar-refractivity contribution is 9.10. The predicted octanol–water partition coefficient (Wildman–Crippen LogP) is 5.26. The molecule has 0 fully saturated rings. The smallest absolute Gasteiger partial charge is 0.200 e. The zero-order valence-electron chi connectivity index (χ0n) is 15.2. The highest BCUT2D eigenvalue weighted by Gasteiger charge is 2.26. The van der Waals surface area contributed by atoms with Crippen molar-refractivity contribution in [2.24, 2.45) is 0 Å². The fourth-order valence-corrected chi connectivity index (χ4v) is 4.49. The maximum Gasteiger partial charge on any atom is 0.200 e. The summed E-state index contributed by atoms with van der Waals surface area (Å²) in [5.41, 5.74) is 4.17. The van der Waals surface area contributed by atoms with E-state index in [1.165, 1.54) is 12.1 Å². The molecule has 4 aromatic heterocycles. The molecule has 0 radical (unpaired) electrons. The van der Waals surface area contributed by atoms with Gasteiger partial charge in [0.25, 0.3) is 0 Å². The summed E-state index contributed by atoms with van der Waals surface area (Å²) in [6, 6.07) is 6.76. The van der Waals surface area contributed by atoms with Crippen molar-refractivity contribution in [2.45, 2.75) is 5.92 Å². The van der Waals surface area contributed by atoms with Crippen LogP contribution in [0.15, 0.2) is 58.3 Å². The third-order valence-electron chi connectivity index (χ3n) is 5.18. The molecule has 1 aromatic carbocycles. The van der Waals surface area contributed by atoms with Crippen LogP contribution in [0.4, 0.5) is 0 Å². The summed E-state index contributed by atoms with van der Waals surface area (Å²) in [6.45, 7) is 0. The first kappa shape index (κ1) is 19.0. The van der Waals surface area contributed by atoms with Crippen LogP contribution in [0.1, 0.15) is 22.6 Å². The first-order valence-corrected chi connectivity index (χ1v) is 10.5. The molecule has 0 spiro atoms. The number of fused-ring (bicyclic) bond motifs is 2. The second-order valence-corrected chi connectivity index (χ2v) is 8.56. The van der Waals surface area contributed by atoms with Gasteiger partial charge in [-0.3, -0.25) is 0 Å². The van der Waals surface area contributed by atoms with Gasteiger partial charge in [-0.15, -0.1) is 0 Å². The van der Waals surface area contributed by atoms with E-state index in [0.29, 0.717) is 14.8 Å². The van der Waals surface area contributed by atoms with Gasteiger partial charge in [0.05, 0.1) is 23.4 Å². The van der Waals surface area contributed by atoms with Crippen molar-refractivity contribution in [3.63, 3.8) is 0 Å². The van der Waals surface area contributed by atoms with E-state index >= 15 is 0 Å². The van der Waals surface area contributed by atoms with Gasteiger partial charge in [-0.2, -0.15) is 0 Å². The van der Waals surface area contributed by atoms with Crippen LogP contribution >= 0.6 is 31.9 Å². The first-order valence-electron chi connectivity index (χ1n) is 8.92. The van der Waals surface area contributed by atoms with Gasteiger partial charge in [-0.1, -0.05) is 0 Å². The van der Waals surface area contributed by atoms with Gasteiger partial charge in [-0.05, 0) is 72.8 Å².